The van der Waals surface area contributed by atoms with E-state index in [1.807, 2.05) is 43.0 Å². The van der Waals surface area contributed by atoms with E-state index in [-0.39, 0.29) is 18.1 Å². The summed E-state index contributed by atoms with van der Waals surface area (Å²) in [7, 11) is 1.65. The van der Waals surface area contributed by atoms with Crippen molar-refractivity contribution in [3.05, 3.63) is 24.3 Å². The van der Waals surface area contributed by atoms with E-state index < -0.39 is 0 Å². The van der Waals surface area contributed by atoms with Crippen molar-refractivity contribution in [3.63, 3.8) is 0 Å². The van der Waals surface area contributed by atoms with Crippen molar-refractivity contribution >= 4 is 17.7 Å². The van der Waals surface area contributed by atoms with Crippen LogP contribution >= 0.6 is 11.8 Å². The fourth-order valence-corrected chi connectivity index (χ4v) is 4.33. The van der Waals surface area contributed by atoms with Crippen LogP contribution in [0.25, 0.3) is 11.4 Å². The molecule has 2 heterocycles. The van der Waals surface area contributed by atoms with Gasteiger partial charge in [0.15, 0.2) is 11.0 Å². The van der Waals surface area contributed by atoms with Crippen molar-refractivity contribution < 1.29 is 14.3 Å². The van der Waals surface area contributed by atoms with Gasteiger partial charge in [0.2, 0.25) is 5.91 Å². The van der Waals surface area contributed by atoms with E-state index in [9.17, 15) is 4.79 Å². The standard InChI is InChI=1S/C21H30N4O3S/c1-14(2)10-25-20(17-6-8-18(27-5)9-7-17)22-23-21(25)29-13-19(26)24-11-15(3)28-16(4)12-24/h6-9,14-16H,10-13H2,1-5H3/t15-,16-/m1/s1. The molecule has 1 aromatic carbocycles. The third kappa shape index (κ3) is 5.51. The fourth-order valence-electron chi connectivity index (χ4n) is 3.48. The Morgan fingerprint density at radius 2 is 1.86 bits per heavy atom. The Balaban J connectivity index is 1.74. The van der Waals surface area contributed by atoms with Gasteiger partial charge in [0.05, 0.1) is 25.1 Å². The predicted octanol–water partition coefficient (Wildman–Crippen LogP) is 3.34. The first-order valence-corrected chi connectivity index (χ1v) is 11.0. The molecular weight excluding hydrogens is 388 g/mol. The number of benzene rings is 1. The first-order chi connectivity index (χ1) is 13.9. The van der Waals surface area contributed by atoms with Crippen LogP contribution in [0.4, 0.5) is 0 Å². The zero-order valence-corrected chi connectivity index (χ0v) is 18.6. The van der Waals surface area contributed by atoms with Crippen molar-refractivity contribution in [2.45, 2.75) is 51.6 Å². The third-order valence-corrected chi connectivity index (χ3v) is 5.66. The highest BCUT2D eigenvalue weighted by atomic mass is 32.2. The second-order valence-corrected chi connectivity index (χ2v) is 8.83. The Morgan fingerprint density at radius 3 is 2.45 bits per heavy atom. The molecule has 0 spiro atoms. The zero-order chi connectivity index (χ0) is 21.0. The highest BCUT2D eigenvalue weighted by Gasteiger charge is 2.26. The molecule has 1 fully saturated rings. The monoisotopic (exact) mass is 418 g/mol. The molecule has 1 saturated heterocycles. The number of aromatic nitrogens is 3. The van der Waals surface area contributed by atoms with Gasteiger partial charge in [0, 0.05) is 25.2 Å². The van der Waals surface area contributed by atoms with Crippen molar-refractivity contribution in [1.29, 1.82) is 0 Å². The second-order valence-electron chi connectivity index (χ2n) is 7.88. The lowest BCUT2D eigenvalue weighted by Gasteiger charge is -2.35. The highest BCUT2D eigenvalue weighted by Crippen LogP contribution is 2.27. The molecule has 1 aliphatic heterocycles. The van der Waals surface area contributed by atoms with E-state index in [0.717, 1.165) is 28.8 Å². The van der Waals surface area contributed by atoms with Crippen LogP contribution in [0, 0.1) is 5.92 Å². The number of hydrogen-bond donors (Lipinski definition) is 0. The van der Waals surface area contributed by atoms with E-state index in [0.29, 0.717) is 24.8 Å². The summed E-state index contributed by atoms with van der Waals surface area (Å²) in [6.07, 6.45) is 0.137. The summed E-state index contributed by atoms with van der Waals surface area (Å²) >= 11 is 1.45. The number of amides is 1. The average molecular weight is 419 g/mol. The minimum atomic E-state index is 0.0685. The van der Waals surface area contributed by atoms with Crippen LogP contribution in [-0.4, -0.2) is 63.7 Å². The SMILES string of the molecule is COc1ccc(-c2nnc(SCC(=O)N3C[C@@H](C)O[C@H](C)C3)n2CC(C)C)cc1. The molecule has 0 radical (unpaired) electrons. The van der Waals surface area contributed by atoms with E-state index in [1.165, 1.54) is 11.8 Å². The molecule has 0 bridgehead atoms. The molecule has 2 atom stereocenters. The molecule has 7 nitrogen and oxygen atoms in total. The fraction of sp³-hybridized carbons (Fsp3) is 0.571. The molecule has 29 heavy (non-hydrogen) atoms. The summed E-state index contributed by atoms with van der Waals surface area (Å²) in [5.41, 5.74) is 0.980. The smallest absolute Gasteiger partial charge is 0.233 e. The molecule has 1 amide bonds. The number of carbonyl (C=O) groups is 1. The largest absolute Gasteiger partial charge is 0.497 e. The van der Waals surface area contributed by atoms with Gasteiger partial charge in [0.25, 0.3) is 0 Å². The van der Waals surface area contributed by atoms with Gasteiger partial charge < -0.3 is 18.9 Å². The van der Waals surface area contributed by atoms with Gasteiger partial charge in [-0.25, -0.2) is 0 Å². The van der Waals surface area contributed by atoms with Gasteiger partial charge >= 0.3 is 0 Å². The number of thioether (sulfide) groups is 1. The lowest BCUT2D eigenvalue weighted by Crippen LogP contribution is -2.48. The van der Waals surface area contributed by atoms with E-state index in [2.05, 4.69) is 28.6 Å². The van der Waals surface area contributed by atoms with Gasteiger partial charge in [-0.3, -0.25) is 4.79 Å². The van der Waals surface area contributed by atoms with Crippen LogP contribution in [0.15, 0.2) is 29.4 Å². The van der Waals surface area contributed by atoms with Crippen LogP contribution in [0.1, 0.15) is 27.7 Å². The number of methoxy groups -OCH3 is 1. The van der Waals surface area contributed by atoms with Gasteiger partial charge in [-0.1, -0.05) is 25.6 Å². The predicted molar refractivity (Wildman–Crippen MR) is 114 cm³/mol. The normalized spacial score (nSPS) is 19.6. The highest BCUT2D eigenvalue weighted by molar-refractivity contribution is 7.99. The molecule has 0 N–H and O–H groups in total. The summed E-state index contributed by atoms with van der Waals surface area (Å²) in [4.78, 5) is 14.6. The lowest BCUT2D eigenvalue weighted by atomic mass is 10.2. The molecule has 1 aromatic heterocycles. The number of carbonyl (C=O) groups excluding carboxylic acids is 1. The van der Waals surface area contributed by atoms with Gasteiger partial charge in [0.1, 0.15) is 5.75 Å². The van der Waals surface area contributed by atoms with E-state index >= 15 is 0 Å². The summed E-state index contributed by atoms with van der Waals surface area (Å²) in [5.74, 6) is 2.50. The van der Waals surface area contributed by atoms with Crippen molar-refractivity contribution in [3.8, 4) is 17.1 Å². The van der Waals surface area contributed by atoms with Gasteiger partial charge in [-0.2, -0.15) is 0 Å². The van der Waals surface area contributed by atoms with E-state index in [4.69, 9.17) is 9.47 Å². The second kappa shape index (κ2) is 9.63. The summed E-state index contributed by atoms with van der Waals surface area (Å²) in [6, 6.07) is 7.80. The molecular formula is C21H30N4O3S. The number of nitrogens with zero attached hydrogens (tertiary/aromatic N) is 4. The van der Waals surface area contributed by atoms with Crippen LogP contribution < -0.4 is 4.74 Å². The molecule has 0 aliphatic carbocycles. The number of ether oxygens (including phenoxy) is 2. The van der Waals surface area contributed by atoms with Gasteiger partial charge in [-0.05, 0) is 44.0 Å². The maximum absolute atomic E-state index is 12.7. The molecule has 0 unspecified atom stereocenters. The van der Waals surface area contributed by atoms with Crippen molar-refractivity contribution in [1.82, 2.24) is 19.7 Å². The molecule has 1 aliphatic rings. The minimum Gasteiger partial charge on any atom is -0.497 e. The van der Waals surface area contributed by atoms with Crippen molar-refractivity contribution in [2.75, 3.05) is 26.0 Å². The number of morpholine rings is 1. The number of rotatable bonds is 7. The lowest BCUT2D eigenvalue weighted by molar-refractivity contribution is -0.140. The van der Waals surface area contributed by atoms with Crippen LogP contribution in [0.5, 0.6) is 5.75 Å². The molecule has 0 saturated carbocycles. The third-order valence-electron chi connectivity index (χ3n) is 4.71. The maximum Gasteiger partial charge on any atom is 0.233 e. The summed E-state index contributed by atoms with van der Waals surface area (Å²) in [5, 5.41) is 9.57. The topological polar surface area (TPSA) is 69.5 Å². The Bertz CT molecular complexity index is 812. The maximum atomic E-state index is 12.7. The Labute approximate surface area is 176 Å². The molecule has 8 heteroatoms. The zero-order valence-electron chi connectivity index (χ0n) is 17.8. The van der Waals surface area contributed by atoms with Crippen LogP contribution in [0.3, 0.4) is 0 Å². The number of hydrogen-bond acceptors (Lipinski definition) is 6. The Morgan fingerprint density at radius 1 is 1.21 bits per heavy atom. The molecule has 2 aromatic rings. The molecule has 158 valence electrons. The first-order valence-electron chi connectivity index (χ1n) is 10.0. The molecule has 3 rings (SSSR count). The quantitative estimate of drug-likeness (QED) is 0.643. The van der Waals surface area contributed by atoms with Gasteiger partial charge in [-0.15, -0.1) is 10.2 Å². The van der Waals surface area contributed by atoms with E-state index in [1.54, 1.807) is 7.11 Å². The Kier molecular flexibility index (Phi) is 7.18. The van der Waals surface area contributed by atoms with Crippen LogP contribution in [0.2, 0.25) is 0 Å². The first kappa shape index (κ1) is 21.6. The van der Waals surface area contributed by atoms with Crippen molar-refractivity contribution in [2.24, 2.45) is 5.92 Å². The Hall–Kier alpha value is -2.06. The summed E-state index contributed by atoms with van der Waals surface area (Å²) < 4.78 is 13.1. The average Bonchev–Trinajstić information content (AvgIpc) is 3.07. The minimum absolute atomic E-state index is 0.0685. The van der Waals surface area contributed by atoms with Crippen LogP contribution in [-0.2, 0) is 16.1 Å². The summed E-state index contributed by atoms with van der Waals surface area (Å²) in [6.45, 7) is 10.4.